The Balaban J connectivity index is 2.02. The monoisotopic (exact) mass is 202 g/mol. The molecule has 3 nitrogen and oxygen atoms in total. The highest BCUT2D eigenvalue weighted by Gasteiger charge is 2.41. The Bertz CT molecular complexity index is 416. The number of hydrogen-bond donors (Lipinski definition) is 2. The van der Waals surface area contributed by atoms with Crippen LogP contribution in [0, 0.1) is 0 Å². The smallest absolute Gasteiger partial charge is 0.243 e. The summed E-state index contributed by atoms with van der Waals surface area (Å²) in [7, 11) is 0. The van der Waals surface area contributed by atoms with Crippen LogP contribution in [0.5, 0.6) is 0 Å². The average Bonchev–Trinajstić information content (AvgIpc) is 2.57. The van der Waals surface area contributed by atoms with Crippen molar-refractivity contribution in [2.24, 2.45) is 0 Å². The Labute approximate surface area is 88.9 Å². The minimum atomic E-state index is -0.0569. The van der Waals surface area contributed by atoms with Gasteiger partial charge in [0.1, 0.15) is 6.04 Å². The lowest BCUT2D eigenvalue weighted by atomic mass is 9.85. The van der Waals surface area contributed by atoms with Gasteiger partial charge in [-0.25, -0.2) is 0 Å². The number of carbonyl (C=O) groups excluding carboxylic acids is 1. The number of rotatable bonds is 0. The van der Waals surface area contributed by atoms with Crippen LogP contribution in [0.15, 0.2) is 24.3 Å². The number of fused-ring (bicyclic) bond motifs is 3. The first-order chi connectivity index (χ1) is 7.25. The molecule has 0 unspecified atom stereocenters. The zero-order chi connectivity index (χ0) is 10.4. The van der Waals surface area contributed by atoms with Crippen molar-refractivity contribution in [3.63, 3.8) is 0 Å². The van der Waals surface area contributed by atoms with Crippen LogP contribution in [0.2, 0.25) is 0 Å². The zero-order valence-corrected chi connectivity index (χ0v) is 8.66. The first-order valence-corrected chi connectivity index (χ1v) is 5.41. The van der Waals surface area contributed by atoms with E-state index in [1.54, 1.807) is 0 Å². The summed E-state index contributed by atoms with van der Waals surface area (Å²) in [6.45, 7) is 2.06. The van der Waals surface area contributed by atoms with Crippen molar-refractivity contribution in [3.05, 3.63) is 29.8 Å². The molecule has 0 spiro atoms. The standard InChI is InChI=1S/C12H14N2O/c1-7-6-9-8-4-2-3-5-10(8)14-11(9)12(15)13-7/h2-5,7,9,11,14H,6H2,1H3,(H,13,15)/t7-,9+,11+/m1/s1. The highest BCUT2D eigenvalue weighted by Crippen LogP contribution is 2.40. The number of para-hydroxylation sites is 1. The number of benzene rings is 1. The fourth-order valence-electron chi connectivity index (χ4n) is 2.68. The van der Waals surface area contributed by atoms with E-state index in [0.29, 0.717) is 5.92 Å². The van der Waals surface area contributed by atoms with Crippen molar-refractivity contribution >= 4 is 11.6 Å². The molecule has 1 fully saturated rings. The minimum absolute atomic E-state index is 0.0569. The van der Waals surface area contributed by atoms with Gasteiger partial charge in [-0.2, -0.15) is 0 Å². The lowest BCUT2D eigenvalue weighted by Crippen LogP contribution is -2.50. The number of carbonyl (C=O) groups is 1. The molecule has 0 saturated carbocycles. The summed E-state index contributed by atoms with van der Waals surface area (Å²) in [6, 6.07) is 8.44. The Hall–Kier alpha value is -1.51. The quantitative estimate of drug-likeness (QED) is 0.669. The summed E-state index contributed by atoms with van der Waals surface area (Å²) < 4.78 is 0. The summed E-state index contributed by atoms with van der Waals surface area (Å²) in [6.07, 6.45) is 1.03. The maximum Gasteiger partial charge on any atom is 0.243 e. The highest BCUT2D eigenvalue weighted by molar-refractivity contribution is 5.89. The van der Waals surface area contributed by atoms with Gasteiger partial charge in [0, 0.05) is 17.6 Å². The second-order valence-electron chi connectivity index (χ2n) is 4.46. The van der Waals surface area contributed by atoms with Crippen molar-refractivity contribution in [1.82, 2.24) is 5.32 Å². The molecule has 3 rings (SSSR count). The molecule has 0 aromatic heterocycles. The molecule has 15 heavy (non-hydrogen) atoms. The molecule has 2 aliphatic heterocycles. The first-order valence-electron chi connectivity index (χ1n) is 5.41. The third-order valence-electron chi connectivity index (χ3n) is 3.35. The first kappa shape index (κ1) is 8.77. The molecule has 2 N–H and O–H groups in total. The van der Waals surface area contributed by atoms with E-state index in [2.05, 4.69) is 23.6 Å². The van der Waals surface area contributed by atoms with Gasteiger partial charge in [0.05, 0.1) is 0 Å². The highest BCUT2D eigenvalue weighted by atomic mass is 16.2. The van der Waals surface area contributed by atoms with E-state index >= 15 is 0 Å². The van der Waals surface area contributed by atoms with Gasteiger partial charge in [0.25, 0.3) is 0 Å². The van der Waals surface area contributed by atoms with Crippen molar-refractivity contribution in [1.29, 1.82) is 0 Å². The summed E-state index contributed by atoms with van der Waals surface area (Å²) >= 11 is 0. The summed E-state index contributed by atoms with van der Waals surface area (Å²) in [5, 5.41) is 6.28. The van der Waals surface area contributed by atoms with Crippen LogP contribution in [0.1, 0.15) is 24.8 Å². The second kappa shape index (κ2) is 2.99. The van der Waals surface area contributed by atoms with Gasteiger partial charge in [0.2, 0.25) is 5.91 Å². The number of amides is 1. The van der Waals surface area contributed by atoms with Gasteiger partial charge in [0.15, 0.2) is 0 Å². The average molecular weight is 202 g/mol. The van der Waals surface area contributed by atoms with E-state index in [1.165, 1.54) is 5.56 Å². The predicted molar refractivity (Wildman–Crippen MR) is 58.8 cm³/mol. The van der Waals surface area contributed by atoms with E-state index < -0.39 is 0 Å². The normalized spacial score (nSPS) is 32.6. The van der Waals surface area contributed by atoms with Gasteiger partial charge in [-0.3, -0.25) is 4.79 Å². The number of hydrogen-bond acceptors (Lipinski definition) is 2. The van der Waals surface area contributed by atoms with Crippen LogP contribution in [-0.2, 0) is 4.79 Å². The van der Waals surface area contributed by atoms with E-state index in [9.17, 15) is 4.79 Å². The number of piperidine rings is 1. The van der Waals surface area contributed by atoms with Crippen LogP contribution < -0.4 is 10.6 Å². The van der Waals surface area contributed by atoms with Crippen LogP contribution in [0.25, 0.3) is 0 Å². The molecule has 1 saturated heterocycles. The third kappa shape index (κ3) is 1.23. The summed E-state index contributed by atoms with van der Waals surface area (Å²) in [5.41, 5.74) is 2.42. The molecule has 2 aliphatic rings. The fourth-order valence-corrected chi connectivity index (χ4v) is 2.68. The van der Waals surface area contributed by atoms with Gasteiger partial charge < -0.3 is 10.6 Å². The molecule has 1 amide bonds. The van der Waals surface area contributed by atoms with Crippen molar-refractivity contribution in [2.45, 2.75) is 31.3 Å². The SMILES string of the molecule is C[C@@H]1C[C@H]2c3ccccc3N[C@@H]2C(=O)N1. The maximum absolute atomic E-state index is 11.8. The van der Waals surface area contributed by atoms with E-state index in [-0.39, 0.29) is 18.0 Å². The summed E-state index contributed by atoms with van der Waals surface area (Å²) in [4.78, 5) is 11.8. The Kier molecular flexibility index (Phi) is 1.75. The zero-order valence-electron chi connectivity index (χ0n) is 8.66. The van der Waals surface area contributed by atoms with Crippen molar-refractivity contribution < 1.29 is 4.79 Å². The molecule has 1 aromatic carbocycles. The van der Waals surface area contributed by atoms with Crippen molar-refractivity contribution in [2.75, 3.05) is 5.32 Å². The van der Waals surface area contributed by atoms with Gasteiger partial charge in [-0.15, -0.1) is 0 Å². The van der Waals surface area contributed by atoms with Crippen LogP contribution >= 0.6 is 0 Å². The molecule has 2 heterocycles. The minimum Gasteiger partial charge on any atom is -0.373 e. The Morgan fingerprint density at radius 2 is 2.07 bits per heavy atom. The molecule has 3 atom stereocenters. The van der Waals surface area contributed by atoms with Crippen LogP contribution in [0.3, 0.4) is 0 Å². The lowest BCUT2D eigenvalue weighted by molar-refractivity contribution is -0.124. The molecule has 78 valence electrons. The van der Waals surface area contributed by atoms with Gasteiger partial charge in [-0.1, -0.05) is 18.2 Å². The predicted octanol–water partition coefficient (Wildman–Crippen LogP) is 1.47. The maximum atomic E-state index is 11.8. The molecule has 0 aliphatic carbocycles. The van der Waals surface area contributed by atoms with E-state index in [4.69, 9.17) is 0 Å². The Morgan fingerprint density at radius 1 is 1.27 bits per heavy atom. The topological polar surface area (TPSA) is 41.1 Å². The molecule has 3 heteroatoms. The largest absolute Gasteiger partial charge is 0.373 e. The van der Waals surface area contributed by atoms with Crippen LogP contribution in [-0.4, -0.2) is 18.0 Å². The Morgan fingerprint density at radius 3 is 2.93 bits per heavy atom. The number of anilines is 1. The van der Waals surface area contributed by atoms with Crippen molar-refractivity contribution in [3.8, 4) is 0 Å². The van der Waals surface area contributed by atoms with Gasteiger partial charge >= 0.3 is 0 Å². The van der Waals surface area contributed by atoms with E-state index in [0.717, 1.165) is 12.1 Å². The molecular formula is C12H14N2O. The molecule has 0 radical (unpaired) electrons. The lowest BCUT2D eigenvalue weighted by Gasteiger charge is -2.30. The van der Waals surface area contributed by atoms with Crippen LogP contribution in [0.4, 0.5) is 5.69 Å². The third-order valence-corrected chi connectivity index (χ3v) is 3.35. The fraction of sp³-hybridized carbons (Fsp3) is 0.417. The van der Waals surface area contributed by atoms with Gasteiger partial charge in [-0.05, 0) is 25.0 Å². The van der Waals surface area contributed by atoms with E-state index in [1.807, 2.05) is 18.2 Å². The molecule has 0 bridgehead atoms. The molecular weight excluding hydrogens is 188 g/mol. The second-order valence-corrected chi connectivity index (χ2v) is 4.46. The number of nitrogens with one attached hydrogen (secondary N) is 2. The summed E-state index contributed by atoms with van der Waals surface area (Å²) in [5.74, 6) is 0.486. The molecule has 1 aromatic rings.